The normalized spacial score (nSPS) is 10.9. The molecule has 2 aromatic carbocycles. The van der Waals surface area contributed by atoms with Crippen molar-refractivity contribution in [2.24, 2.45) is 0 Å². The summed E-state index contributed by atoms with van der Waals surface area (Å²) in [5.41, 5.74) is 2.91. The summed E-state index contributed by atoms with van der Waals surface area (Å²) in [6.07, 6.45) is 1.52. The summed E-state index contributed by atoms with van der Waals surface area (Å²) in [7, 11) is 0. The van der Waals surface area contributed by atoms with E-state index in [0.29, 0.717) is 21.5 Å². The van der Waals surface area contributed by atoms with E-state index >= 15 is 0 Å². The summed E-state index contributed by atoms with van der Waals surface area (Å²) in [6, 6.07) is 9.07. The summed E-state index contributed by atoms with van der Waals surface area (Å²) in [5.74, 6) is -1.36. The van der Waals surface area contributed by atoms with Crippen molar-refractivity contribution in [1.82, 2.24) is 4.98 Å². The molecule has 3 nitrogen and oxygen atoms in total. The second-order valence-corrected chi connectivity index (χ2v) is 5.38. The van der Waals surface area contributed by atoms with Crippen LogP contribution < -0.4 is 0 Å². The van der Waals surface area contributed by atoms with Gasteiger partial charge in [0, 0.05) is 17.1 Å². The Balaban J connectivity index is 2.38. The molecule has 0 aliphatic carbocycles. The molecule has 0 radical (unpaired) electrons. The van der Waals surface area contributed by atoms with E-state index in [1.54, 1.807) is 19.1 Å². The number of fused-ring (bicyclic) bond motifs is 1. The Kier molecular flexibility index (Phi) is 3.54. The minimum absolute atomic E-state index is 0.151. The van der Waals surface area contributed by atoms with Gasteiger partial charge < -0.3 is 5.11 Å². The fourth-order valence-corrected chi connectivity index (χ4v) is 2.74. The van der Waals surface area contributed by atoms with E-state index in [0.717, 1.165) is 11.1 Å². The molecule has 3 aromatic rings. The molecule has 0 amide bonds. The smallest absolute Gasteiger partial charge is 0.335 e. The van der Waals surface area contributed by atoms with E-state index in [4.69, 9.17) is 16.7 Å². The number of carbonyl (C=O) groups is 1. The van der Waals surface area contributed by atoms with Crippen molar-refractivity contribution < 1.29 is 14.3 Å². The first kappa shape index (κ1) is 14.5. The molecular weight excluding hydrogens is 305 g/mol. The number of aromatic carboxylic acids is 1. The molecule has 0 unspecified atom stereocenters. The number of aromatic nitrogens is 1. The van der Waals surface area contributed by atoms with E-state index in [2.05, 4.69) is 4.98 Å². The Hall–Kier alpha value is -2.46. The molecule has 0 bridgehead atoms. The van der Waals surface area contributed by atoms with Crippen LogP contribution in [0.25, 0.3) is 22.0 Å². The third-order valence-corrected chi connectivity index (χ3v) is 3.81. The summed E-state index contributed by atoms with van der Waals surface area (Å²) in [4.78, 5) is 15.4. The molecule has 0 atom stereocenters. The van der Waals surface area contributed by atoms with E-state index in [9.17, 15) is 9.18 Å². The van der Waals surface area contributed by atoms with Crippen LogP contribution in [-0.4, -0.2) is 16.1 Å². The molecule has 3 rings (SSSR count). The van der Waals surface area contributed by atoms with E-state index in [1.165, 1.54) is 30.5 Å². The van der Waals surface area contributed by atoms with Crippen LogP contribution in [0, 0.1) is 12.7 Å². The van der Waals surface area contributed by atoms with Gasteiger partial charge in [0.15, 0.2) is 0 Å². The number of carboxylic acids is 1. The van der Waals surface area contributed by atoms with Gasteiger partial charge in [0.25, 0.3) is 0 Å². The second-order valence-electron chi connectivity index (χ2n) is 4.98. The Morgan fingerprint density at radius 3 is 2.68 bits per heavy atom. The predicted molar refractivity (Wildman–Crippen MR) is 83.8 cm³/mol. The van der Waals surface area contributed by atoms with E-state index < -0.39 is 5.97 Å². The van der Waals surface area contributed by atoms with E-state index in [1.807, 2.05) is 0 Å². The highest BCUT2D eigenvalue weighted by atomic mass is 35.5. The molecule has 0 aliphatic heterocycles. The molecule has 110 valence electrons. The molecular formula is C17H11ClFNO2. The minimum atomic E-state index is -1.02. The van der Waals surface area contributed by atoms with Gasteiger partial charge in [-0.05, 0) is 48.4 Å². The molecule has 1 aromatic heterocycles. The number of hydrogen-bond acceptors (Lipinski definition) is 2. The first-order chi connectivity index (χ1) is 10.5. The van der Waals surface area contributed by atoms with Crippen molar-refractivity contribution in [3.05, 3.63) is 64.6 Å². The Bertz CT molecular complexity index is 909. The lowest BCUT2D eigenvalue weighted by molar-refractivity contribution is 0.0697. The maximum Gasteiger partial charge on any atom is 0.335 e. The monoisotopic (exact) mass is 315 g/mol. The highest BCUT2D eigenvalue weighted by Gasteiger charge is 2.14. The standard InChI is InChI=1S/C17H11ClFNO2/c1-9-6-11(19)3-4-12(9)16-13-7-10(17(21)22)2-5-15(13)20-8-14(16)18/h2-8H,1H3,(H,21,22). The number of nitrogens with zero attached hydrogens (tertiary/aromatic N) is 1. The van der Waals surface area contributed by atoms with Gasteiger partial charge in [-0.1, -0.05) is 17.7 Å². The number of aryl methyl sites for hydroxylation is 1. The van der Waals surface area contributed by atoms with Crippen LogP contribution in [0.15, 0.2) is 42.6 Å². The zero-order valence-electron chi connectivity index (χ0n) is 11.6. The van der Waals surface area contributed by atoms with Crippen LogP contribution in [0.2, 0.25) is 5.02 Å². The maximum atomic E-state index is 13.3. The predicted octanol–water partition coefficient (Wildman–Crippen LogP) is 4.70. The first-order valence-electron chi connectivity index (χ1n) is 6.55. The average molecular weight is 316 g/mol. The van der Waals surface area contributed by atoms with Gasteiger partial charge in [0.1, 0.15) is 5.82 Å². The number of carboxylic acid groups (broad SMARTS) is 1. The van der Waals surface area contributed by atoms with Crippen LogP contribution in [0.1, 0.15) is 15.9 Å². The van der Waals surface area contributed by atoms with Crippen molar-refractivity contribution in [3.8, 4) is 11.1 Å². The highest BCUT2D eigenvalue weighted by molar-refractivity contribution is 6.34. The molecule has 0 saturated carbocycles. The SMILES string of the molecule is Cc1cc(F)ccc1-c1c(Cl)cnc2ccc(C(=O)O)cc12. The molecule has 0 aliphatic rings. The highest BCUT2D eigenvalue weighted by Crippen LogP contribution is 2.36. The van der Waals surface area contributed by atoms with Gasteiger partial charge in [-0.15, -0.1) is 0 Å². The summed E-state index contributed by atoms with van der Waals surface area (Å²) < 4.78 is 13.3. The van der Waals surface area contributed by atoms with Crippen LogP contribution in [-0.2, 0) is 0 Å². The minimum Gasteiger partial charge on any atom is -0.478 e. The van der Waals surface area contributed by atoms with Gasteiger partial charge in [0.05, 0.1) is 16.1 Å². The lowest BCUT2D eigenvalue weighted by atomic mass is 9.96. The Morgan fingerprint density at radius 1 is 1.23 bits per heavy atom. The number of hydrogen-bond donors (Lipinski definition) is 1. The van der Waals surface area contributed by atoms with Crippen molar-refractivity contribution in [3.63, 3.8) is 0 Å². The number of rotatable bonds is 2. The summed E-state index contributed by atoms with van der Waals surface area (Å²) >= 11 is 6.28. The third kappa shape index (κ3) is 2.42. The summed E-state index contributed by atoms with van der Waals surface area (Å²) in [6.45, 7) is 1.78. The molecule has 1 heterocycles. The van der Waals surface area contributed by atoms with Crippen molar-refractivity contribution in [2.75, 3.05) is 0 Å². The fourth-order valence-electron chi connectivity index (χ4n) is 2.48. The number of pyridine rings is 1. The van der Waals surface area contributed by atoms with Crippen molar-refractivity contribution in [2.45, 2.75) is 6.92 Å². The van der Waals surface area contributed by atoms with Crippen LogP contribution in [0.3, 0.4) is 0 Å². The van der Waals surface area contributed by atoms with Crippen LogP contribution in [0.4, 0.5) is 4.39 Å². The number of halogens is 2. The Morgan fingerprint density at radius 2 is 2.00 bits per heavy atom. The zero-order valence-corrected chi connectivity index (χ0v) is 12.4. The molecule has 1 N–H and O–H groups in total. The Labute approximate surface area is 131 Å². The maximum absolute atomic E-state index is 13.3. The average Bonchev–Trinajstić information content (AvgIpc) is 2.47. The molecule has 22 heavy (non-hydrogen) atoms. The van der Waals surface area contributed by atoms with Gasteiger partial charge in [0.2, 0.25) is 0 Å². The molecule has 0 fully saturated rings. The van der Waals surface area contributed by atoms with Gasteiger partial charge in [-0.3, -0.25) is 4.98 Å². The van der Waals surface area contributed by atoms with Gasteiger partial charge in [-0.2, -0.15) is 0 Å². The lowest BCUT2D eigenvalue weighted by Gasteiger charge is -2.12. The second kappa shape index (κ2) is 5.39. The quantitative estimate of drug-likeness (QED) is 0.745. The molecule has 5 heteroatoms. The summed E-state index contributed by atoms with van der Waals surface area (Å²) in [5, 5.41) is 10.2. The largest absolute Gasteiger partial charge is 0.478 e. The third-order valence-electron chi connectivity index (χ3n) is 3.53. The van der Waals surface area contributed by atoms with Gasteiger partial charge in [-0.25, -0.2) is 9.18 Å². The number of benzene rings is 2. The van der Waals surface area contributed by atoms with E-state index in [-0.39, 0.29) is 11.4 Å². The lowest BCUT2D eigenvalue weighted by Crippen LogP contribution is -1.97. The van der Waals surface area contributed by atoms with Crippen molar-refractivity contribution in [1.29, 1.82) is 0 Å². The van der Waals surface area contributed by atoms with Crippen LogP contribution >= 0.6 is 11.6 Å². The van der Waals surface area contributed by atoms with Gasteiger partial charge >= 0.3 is 5.97 Å². The first-order valence-corrected chi connectivity index (χ1v) is 6.93. The fraction of sp³-hybridized carbons (Fsp3) is 0.0588. The zero-order chi connectivity index (χ0) is 15.9. The molecule has 0 saturated heterocycles. The topological polar surface area (TPSA) is 50.2 Å². The molecule has 0 spiro atoms. The van der Waals surface area contributed by atoms with Crippen LogP contribution in [0.5, 0.6) is 0 Å². The van der Waals surface area contributed by atoms with Crippen molar-refractivity contribution >= 4 is 28.5 Å².